The minimum Gasteiger partial charge on any atom is -0.350 e. The van der Waals surface area contributed by atoms with Crippen molar-refractivity contribution in [2.75, 3.05) is 6.54 Å². The maximum atomic E-state index is 12.0. The summed E-state index contributed by atoms with van der Waals surface area (Å²) >= 11 is 5.82. The number of rotatable bonds is 7. The molecule has 0 bridgehead atoms. The lowest BCUT2D eigenvalue weighted by atomic mass is 10.1. The van der Waals surface area contributed by atoms with Crippen LogP contribution >= 0.6 is 11.6 Å². The highest BCUT2D eigenvalue weighted by molar-refractivity contribution is 6.30. The van der Waals surface area contributed by atoms with E-state index in [0.717, 1.165) is 16.7 Å². The van der Waals surface area contributed by atoms with Gasteiger partial charge in [0.25, 0.3) is 0 Å². The fourth-order valence-corrected chi connectivity index (χ4v) is 2.63. The first-order valence-electron chi connectivity index (χ1n) is 8.67. The summed E-state index contributed by atoms with van der Waals surface area (Å²) in [6.45, 7) is 2.17. The summed E-state index contributed by atoms with van der Waals surface area (Å²) in [5.74, 6) is -0.0463. The Hall–Kier alpha value is -3.19. The Kier molecular flexibility index (Phi) is 6.39. The van der Waals surface area contributed by atoms with Crippen molar-refractivity contribution in [3.05, 3.63) is 70.6 Å². The van der Waals surface area contributed by atoms with Crippen LogP contribution in [0, 0.1) is 6.92 Å². The molecule has 0 aliphatic rings. The third-order valence-electron chi connectivity index (χ3n) is 4.01. The van der Waals surface area contributed by atoms with Gasteiger partial charge >= 0.3 is 0 Å². The van der Waals surface area contributed by atoms with Crippen LogP contribution in [0.15, 0.2) is 53.1 Å². The molecule has 0 radical (unpaired) electrons. The van der Waals surface area contributed by atoms with Gasteiger partial charge in [-0.2, -0.15) is 4.98 Å². The molecular formula is C20H19ClN4O3. The molecule has 7 nitrogen and oxygen atoms in total. The van der Waals surface area contributed by atoms with E-state index >= 15 is 0 Å². The quantitative estimate of drug-likeness (QED) is 0.637. The number of carbonyl (C=O) groups is 2. The van der Waals surface area contributed by atoms with Crippen LogP contribution in [0.1, 0.15) is 17.0 Å². The summed E-state index contributed by atoms with van der Waals surface area (Å²) in [7, 11) is 0. The molecule has 2 amide bonds. The van der Waals surface area contributed by atoms with Crippen molar-refractivity contribution in [3.63, 3.8) is 0 Å². The second-order valence-electron chi connectivity index (χ2n) is 6.18. The summed E-state index contributed by atoms with van der Waals surface area (Å²) in [6, 6.07) is 14.8. The standard InChI is InChI=1S/C20H19ClN4O3/c1-13-4-2-3-5-16(13)20-24-19(28-25-20)10-17(26)23-12-18(27)22-11-14-6-8-15(21)9-7-14/h2-9H,10-12H2,1H3,(H,22,27)(H,23,26). The first kappa shape index (κ1) is 19.6. The number of hydrogen-bond donors (Lipinski definition) is 2. The van der Waals surface area contributed by atoms with E-state index in [1.807, 2.05) is 43.3 Å². The Morgan fingerprint density at radius 2 is 1.79 bits per heavy atom. The zero-order valence-corrected chi connectivity index (χ0v) is 16.0. The van der Waals surface area contributed by atoms with E-state index in [9.17, 15) is 9.59 Å². The van der Waals surface area contributed by atoms with Gasteiger partial charge in [0.15, 0.2) is 0 Å². The Bertz CT molecular complexity index is 970. The van der Waals surface area contributed by atoms with Gasteiger partial charge in [-0.3, -0.25) is 9.59 Å². The van der Waals surface area contributed by atoms with Gasteiger partial charge in [-0.25, -0.2) is 0 Å². The second kappa shape index (κ2) is 9.14. The molecule has 144 valence electrons. The monoisotopic (exact) mass is 398 g/mol. The van der Waals surface area contributed by atoms with Gasteiger partial charge in [0.05, 0.1) is 6.54 Å². The molecule has 8 heteroatoms. The minimum absolute atomic E-state index is 0.0939. The van der Waals surface area contributed by atoms with Gasteiger partial charge in [0.2, 0.25) is 23.5 Å². The summed E-state index contributed by atoms with van der Waals surface area (Å²) in [5.41, 5.74) is 2.77. The number of aromatic nitrogens is 2. The van der Waals surface area contributed by atoms with Gasteiger partial charge < -0.3 is 15.2 Å². The van der Waals surface area contributed by atoms with E-state index < -0.39 is 0 Å². The van der Waals surface area contributed by atoms with Crippen LogP contribution in [0.4, 0.5) is 0 Å². The fraction of sp³-hybridized carbons (Fsp3) is 0.200. The first-order valence-corrected chi connectivity index (χ1v) is 9.05. The van der Waals surface area contributed by atoms with Crippen molar-refractivity contribution in [1.82, 2.24) is 20.8 Å². The molecule has 0 atom stereocenters. The first-order chi connectivity index (χ1) is 13.5. The van der Waals surface area contributed by atoms with Crippen LogP contribution in [0.2, 0.25) is 5.02 Å². The Labute approximate surface area is 167 Å². The smallest absolute Gasteiger partial charge is 0.239 e. The minimum atomic E-state index is -0.373. The summed E-state index contributed by atoms with van der Waals surface area (Å²) in [4.78, 5) is 28.1. The van der Waals surface area contributed by atoms with E-state index in [1.54, 1.807) is 12.1 Å². The number of amides is 2. The average molecular weight is 399 g/mol. The SMILES string of the molecule is Cc1ccccc1-c1noc(CC(=O)NCC(=O)NCc2ccc(Cl)cc2)n1. The number of aryl methyl sites for hydroxylation is 1. The van der Waals surface area contributed by atoms with Crippen molar-refractivity contribution in [2.45, 2.75) is 19.9 Å². The number of benzene rings is 2. The summed E-state index contributed by atoms with van der Waals surface area (Å²) in [6.07, 6.45) is -0.0939. The van der Waals surface area contributed by atoms with Gasteiger partial charge in [-0.1, -0.05) is 53.2 Å². The lowest BCUT2D eigenvalue weighted by molar-refractivity contribution is -0.126. The molecule has 28 heavy (non-hydrogen) atoms. The lowest BCUT2D eigenvalue weighted by Gasteiger charge is -2.06. The molecular weight excluding hydrogens is 380 g/mol. The van der Waals surface area contributed by atoms with Crippen molar-refractivity contribution in [1.29, 1.82) is 0 Å². The van der Waals surface area contributed by atoms with E-state index in [0.29, 0.717) is 17.4 Å². The third-order valence-corrected chi connectivity index (χ3v) is 4.27. The molecule has 2 N–H and O–H groups in total. The molecule has 0 saturated carbocycles. The lowest BCUT2D eigenvalue weighted by Crippen LogP contribution is -2.37. The van der Waals surface area contributed by atoms with Crippen LogP contribution in [0.3, 0.4) is 0 Å². The molecule has 0 fully saturated rings. The van der Waals surface area contributed by atoms with Crippen molar-refractivity contribution >= 4 is 23.4 Å². The normalized spacial score (nSPS) is 10.5. The largest absolute Gasteiger partial charge is 0.350 e. The molecule has 3 aromatic rings. The summed E-state index contributed by atoms with van der Waals surface area (Å²) in [5, 5.41) is 9.80. The van der Waals surface area contributed by atoms with Crippen molar-refractivity contribution in [3.8, 4) is 11.4 Å². The topological polar surface area (TPSA) is 97.1 Å². The molecule has 0 unspecified atom stereocenters. The van der Waals surface area contributed by atoms with E-state index in [4.69, 9.17) is 16.1 Å². The van der Waals surface area contributed by atoms with Crippen LogP contribution < -0.4 is 10.6 Å². The number of nitrogens with one attached hydrogen (secondary N) is 2. The molecule has 0 saturated heterocycles. The van der Waals surface area contributed by atoms with E-state index in [-0.39, 0.29) is 30.7 Å². The van der Waals surface area contributed by atoms with Crippen molar-refractivity contribution in [2.24, 2.45) is 0 Å². The molecule has 0 spiro atoms. The van der Waals surface area contributed by atoms with Gasteiger partial charge in [-0.05, 0) is 30.2 Å². The van der Waals surface area contributed by atoms with Crippen molar-refractivity contribution < 1.29 is 14.1 Å². The third kappa shape index (κ3) is 5.40. The maximum absolute atomic E-state index is 12.0. The zero-order chi connectivity index (χ0) is 19.9. The molecule has 1 heterocycles. The number of carbonyl (C=O) groups excluding carboxylic acids is 2. The number of nitrogens with zero attached hydrogens (tertiary/aromatic N) is 2. The molecule has 0 aliphatic carbocycles. The summed E-state index contributed by atoms with van der Waals surface area (Å²) < 4.78 is 5.13. The molecule has 1 aromatic heterocycles. The van der Waals surface area contributed by atoms with Gasteiger partial charge in [0.1, 0.15) is 6.42 Å². The Morgan fingerprint density at radius 1 is 1.04 bits per heavy atom. The fourth-order valence-electron chi connectivity index (χ4n) is 2.50. The average Bonchev–Trinajstić information content (AvgIpc) is 3.14. The molecule has 0 aliphatic heterocycles. The van der Waals surface area contributed by atoms with E-state index in [2.05, 4.69) is 20.8 Å². The predicted molar refractivity (Wildman–Crippen MR) is 104 cm³/mol. The zero-order valence-electron chi connectivity index (χ0n) is 15.2. The van der Waals surface area contributed by atoms with Gasteiger partial charge in [0, 0.05) is 17.1 Å². The molecule has 2 aromatic carbocycles. The van der Waals surface area contributed by atoms with Gasteiger partial charge in [-0.15, -0.1) is 0 Å². The molecule has 3 rings (SSSR count). The van der Waals surface area contributed by atoms with Crippen LogP contribution in [0.25, 0.3) is 11.4 Å². The van der Waals surface area contributed by atoms with E-state index in [1.165, 1.54) is 0 Å². The van der Waals surface area contributed by atoms with Crippen LogP contribution in [0.5, 0.6) is 0 Å². The van der Waals surface area contributed by atoms with Crippen LogP contribution in [-0.2, 0) is 22.6 Å². The predicted octanol–water partition coefficient (Wildman–Crippen LogP) is 2.67. The maximum Gasteiger partial charge on any atom is 0.239 e. The highest BCUT2D eigenvalue weighted by Gasteiger charge is 2.14. The Morgan fingerprint density at radius 3 is 2.54 bits per heavy atom. The highest BCUT2D eigenvalue weighted by atomic mass is 35.5. The number of hydrogen-bond acceptors (Lipinski definition) is 5. The van der Waals surface area contributed by atoms with Crippen LogP contribution in [-0.4, -0.2) is 28.5 Å². The number of halogens is 1. The Balaban J connectivity index is 1.45. The highest BCUT2D eigenvalue weighted by Crippen LogP contribution is 2.19. The second-order valence-corrected chi connectivity index (χ2v) is 6.62.